The molecule has 34 heavy (non-hydrogen) atoms. The van der Waals surface area contributed by atoms with Gasteiger partial charge in [0.1, 0.15) is 11.9 Å². The normalized spacial score (nSPS) is 18.4. The highest BCUT2D eigenvalue weighted by atomic mass is 35.5. The average Bonchev–Trinajstić information content (AvgIpc) is 3.12. The van der Waals surface area contributed by atoms with Crippen LogP contribution in [-0.4, -0.2) is 90.3 Å². The standard InChI is InChI=1S/C17H21FN4O5.C3H5ClO3/c1-11(23)19-9-13-10-22(17(26)27-13)12-2-3-15(14(18)8-12)20-4-6-21(7-5-20)16(24)25;1-2(5)7-3(4)6/h2-3,8,13H,4-7,9-10H2,1H3,(H,19,23)(H,24,25);2,5H,1H3. The Balaban J connectivity index is 0.000000509. The van der Waals surface area contributed by atoms with Gasteiger partial charge in [0.15, 0.2) is 6.29 Å². The third-order valence-electron chi connectivity index (χ3n) is 4.85. The monoisotopic (exact) mass is 504 g/mol. The molecule has 0 aliphatic carbocycles. The van der Waals surface area contributed by atoms with E-state index in [0.717, 1.165) is 0 Å². The molecule has 2 aliphatic heterocycles. The third kappa shape index (κ3) is 7.92. The van der Waals surface area contributed by atoms with Crippen molar-refractivity contribution in [2.75, 3.05) is 49.1 Å². The molecule has 2 unspecified atom stereocenters. The van der Waals surface area contributed by atoms with Crippen molar-refractivity contribution >= 4 is 46.5 Å². The summed E-state index contributed by atoms with van der Waals surface area (Å²) in [5, 5.41) is 19.8. The molecule has 3 N–H and O–H groups in total. The van der Waals surface area contributed by atoms with Gasteiger partial charge in [-0.15, -0.1) is 0 Å². The number of hydrogen-bond acceptors (Lipinski definition) is 8. The highest BCUT2D eigenvalue weighted by Crippen LogP contribution is 2.28. The molecule has 0 aromatic heterocycles. The summed E-state index contributed by atoms with van der Waals surface area (Å²) in [6, 6.07) is 4.47. The largest absolute Gasteiger partial charge is 0.465 e. The van der Waals surface area contributed by atoms with E-state index in [4.69, 9.17) is 14.9 Å². The summed E-state index contributed by atoms with van der Waals surface area (Å²) in [7, 11) is 0. The Morgan fingerprint density at radius 2 is 1.94 bits per heavy atom. The Morgan fingerprint density at radius 3 is 2.41 bits per heavy atom. The maximum atomic E-state index is 14.6. The zero-order valence-corrected chi connectivity index (χ0v) is 19.3. The number of cyclic esters (lactones) is 1. The number of aliphatic hydroxyl groups is 1. The number of anilines is 2. The lowest BCUT2D eigenvalue weighted by Crippen LogP contribution is -2.48. The number of rotatable bonds is 5. The van der Waals surface area contributed by atoms with E-state index in [1.807, 2.05) is 0 Å². The minimum Gasteiger partial charge on any atom is -0.465 e. The molecule has 14 heteroatoms. The molecule has 2 saturated heterocycles. The second-order valence-corrected chi connectivity index (χ2v) is 7.71. The van der Waals surface area contributed by atoms with E-state index in [9.17, 15) is 23.6 Å². The highest BCUT2D eigenvalue weighted by molar-refractivity contribution is 6.61. The Labute approximate surface area is 199 Å². The number of ether oxygens (including phenoxy) is 2. The molecule has 1 aromatic carbocycles. The zero-order chi connectivity index (χ0) is 25.4. The number of nitrogens with one attached hydrogen (secondary N) is 1. The van der Waals surface area contributed by atoms with Gasteiger partial charge in [-0.3, -0.25) is 9.69 Å². The van der Waals surface area contributed by atoms with E-state index in [2.05, 4.69) is 21.7 Å². The van der Waals surface area contributed by atoms with Crippen molar-refractivity contribution in [2.24, 2.45) is 0 Å². The number of halogens is 2. The summed E-state index contributed by atoms with van der Waals surface area (Å²) < 4.78 is 23.7. The van der Waals surface area contributed by atoms with Crippen molar-refractivity contribution in [1.82, 2.24) is 10.2 Å². The summed E-state index contributed by atoms with van der Waals surface area (Å²) in [4.78, 5) is 48.0. The van der Waals surface area contributed by atoms with Crippen LogP contribution >= 0.6 is 11.6 Å². The molecule has 3 amide bonds. The van der Waals surface area contributed by atoms with Crippen molar-refractivity contribution < 1.29 is 43.3 Å². The van der Waals surface area contributed by atoms with Gasteiger partial charge in [-0.2, -0.15) is 0 Å². The number of amides is 3. The smallest absolute Gasteiger partial charge is 0.414 e. The summed E-state index contributed by atoms with van der Waals surface area (Å²) >= 11 is 4.65. The van der Waals surface area contributed by atoms with Crippen LogP contribution in [0, 0.1) is 5.82 Å². The van der Waals surface area contributed by atoms with Crippen LogP contribution in [0.15, 0.2) is 18.2 Å². The predicted molar refractivity (Wildman–Crippen MR) is 119 cm³/mol. The molecule has 12 nitrogen and oxygen atoms in total. The van der Waals surface area contributed by atoms with Crippen molar-refractivity contribution in [2.45, 2.75) is 26.2 Å². The van der Waals surface area contributed by atoms with Crippen molar-refractivity contribution in [3.05, 3.63) is 24.0 Å². The van der Waals surface area contributed by atoms with Gasteiger partial charge in [0.2, 0.25) is 5.91 Å². The summed E-state index contributed by atoms with van der Waals surface area (Å²) in [5.41, 5.74) is -0.253. The van der Waals surface area contributed by atoms with Crippen LogP contribution in [0.25, 0.3) is 0 Å². The lowest BCUT2D eigenvalue weighted by Gasteiger charge is -2.34. The number of aliphatic hydroxyl groups excluding tert-OH is 1. The van der Waals surface area contributed by atoms with Crippen LogP contribution in [0.1, 0.15) is 13.8 Å². The Bertz CT molecular complexity index is 911. The molecule has 0 saturated carbocycles. The van der Waals surface area contributed by atoms with Gasteiger partial charge in [0.05, 0.1) is 24.5 Å². The summed E-state index contributed by atoms with van der Waals surface area (Å²) in [6.45, 7) is 4.49. The number of benzene rings is 1. The topological polar surface area (TPSA) is 149 Å². The van der Waals surface area contributed by atoms with E-state index in [-0.39, 0.29) is 19.0 Å². The number of carbonyl (C=O) groups excluding carboxylic acids is 3. The molecule has 0 radical (unpaired) electrons. The molecular weight excluding hydrogens is 479 g/mol. The predicted octanol–water partition coefficient (Wildman–Crippen LogP) is 1.79. The van der Waals surface area contributed by atoms with Crippen LogP contribution in [0.3, 0.4) is 0 Å². The molecule has 2 heterocycles. The maximum Gasteiger partial charge on any atom is 0.414 e. The van der Waals surface area contributed by atoms with Crippen LogP contribution in [0.5, 0.6) is 0 Å². The SMILES string of the molecule is CC(=O)NCC1CN(c2ccc(N3CCN(C(=O)O)CC3)c(F)c2)C(=O)O1.CC(O)OC(=O)Cl. The Morgan fingerprint density at radius 1 is 1.29 bits per heavy atom. The number of carbonyl (C=O) groups is 4. The van der Waals surface area contributed by atoms with Crippen molar-refractivity contribution in [3.63, 3.8) is 0 Å². The molecule has 2 atom stereocenters. The minimum atomic E-state index is -1.11. The molecule has 1 aromatic rings. The fraction of sp³-hybridized carbons (Fsp3) is 0.500. The first-order chi connectivity index (χ1) is 16.0. The van der Waals surface area contributed by atoms with Crippen molar-refractivity contribution in [3.8, 4) is 0 Å². The first kappa shape index (κ1) is 26.9. The lowest BCUT2D eigenvalue weighted by atomic mass is 10.2. The molecule has 0 bridgehead atoms. The molecule has 3 rings (SSSR count). The quantitative estimate of drug-likeness (QED) is 0.403. The Kier molecular flexibility index (Phi) is 9.69. The third-order valence-corrected chi connectivity index (χ3v) is 4.94. The van der Waals surface area contributed by atoms with Gasteiger partial charge in [-0.1, -0.05) is 0 Å². The van der Waals surface area contributed by atoms with Gasteiger partial charge in [0, 0.05) is 44.7 Å². The van der Waals surface area contributed by atoms with E-state index in [1.165, 1.54) is 29.7 Å². The average molecular weight is 505 g/mol. The second kappa shape index (κ2) is 12.2. The van der Waals surface area contributed by atoms with E-state index in [0.29, 0.717) is 37.6 Å². The number of nitrogens with zero attached hydrogens (tertiary/aromatic N) is 3. The van der Waals surface area contributed by atoms with Gasteiger partial charge in [0.25, 0.3) is 0 Å². The molecule has 0 spiro atoms. The van der Waals surface area contributed by atoms with Crippen LogP contribution in [0.2, 0.25) is 0 Å². The summed E-state index contributed by atoms with van der Waals surface area (Å²) in [6.07, 6.45) is -3.17. The van der Waals surface area contributed by atoms with Gasteiger partial charge >= 0.3 is 17.6 Å². The molecule has 2 fully saturated rings. The summed E-state index contributed by atoms with van der Waals surface area (Å²) in [5.74, 6) is -0.711. The minimum absolute atomic E-state index is 0.200. The molecule has 2 aliphatic rings. The van der Waals surface area contributed by atoms with Gasteiger partial charge < -0.3 is 34.8 Å². The first-order valence-electron chi connectivity index (χ1n) is 10.3. The van der Waals surface area contributed by atoms with Gasteiger partial charge in [-0.25, -0.2) is 18.8 Å². The lowest BCUT2D eigenvalue weighted by molar-refractivity contribution is -0.119. The fourth-order valence-electron chi connectivity index (χ4n) is 3.29. The number of carboxylic acid groups (broad SMARTS) is 1. The first-order valence-corrected chi connectivity index (χ1v) is 10.6. The van der Waals surface area contributed by atoms with E-state index < -0.39 is 35.8 Å². The molecular formula is C20H26ClFN4O8. The second-order valence-electron chi connectivity index (χ2n) is 7.40. The Hall–Kier alpha value is -3.32. The molecule has 188 valence electrons. The highest BCUT2D eigenvalue weighted by Gasteiger charge is 2.33. The van der Waals surface area contributed by atoms with Crippen LogP contribution in [-0.2, 0) is 14.3 Å². The van der Waals surface area contributed by atoms with E-state index >= 15 is 0 Å². The van der Waals surface area contributed by atoms with Gasteiger partial charge in [-0.05, 0) is 25.1 Å². The fourth-order valence-corrected chi connectivity index (χ4v) is 3.42. The number of piperazine rings is 1. The van der Waals surface area contributed by atoms with Crippen LogP contribution in [0.4, 0.5) is 30.1 Å². The van der Waals surface area contributed by atoms with Crippen LogP contribution < -0.4 is 15.1 Å². The van der Waals surface area contributed by atoms with E-state index in [1.54, 1.807) is 17.0 Å². The number of hydrogen-bond donors (Lipinski definition) is 3. The van der Waals surface area contributed by atoms with Crippen molar-refractivity contribution in [1.29, 1.82) is 0 Å². The zero-order valence-electron chi connectivity index (χ0n) is 18.6. The maximum absolute atomic E-state index is 14.6.